The zero-order valence-electron chi connectivity index (χ0n) is 11.5. The molecule has 0 radical (unpaired) electrons. The Hall–Kier alpha value is -1.54. The Kier molecular flexibility index (Phi) is 5.63. The molecule has 2 aromatic carbocycles. The van der Waals surface area contributed by atoms with Gasteiger partial charge < -0.3 is 10.1 Å². The number of hydrogen-bond donors (Lipinski definition) is 1. The van der Waals surface area contributed by atoms with Crippen LogP contribution in [0.5, 0.6) is 11.5 Å². The van der Waals surface area contributed by atoms with E-state index >= 15 is 0 Å². The molecule has 5 heteroatoms. The summed E-state index contributed by atoms with van der Waals surface area (Å²) in [4.78, 5) is 0. The molecule has 0 aliphatic carbocycles. The molecule has 0 spiro atoms. The summed E-state index contributed by atoms with van der Waals surface area (Å²) in [6.07, 6.45) is 0. The number of nitrogens with one attached hydrogen (secondary N) is 1. The van der Waals surface area contributed by atoms with Crippen LogP contribution in [0.2, 0.25) is 5.02 Å². The topological polar surface area (TPSA) is 45.0 Å². The summed E-state index contributed by atoms with van der Waals surface area (Å²) >= 11 is 9.48. The van der Waals surface area contributed by atoms with Crippen molar-refractivity contribution in [2.75, 3.05) is 6.54 Å². The Bertz CT molecular complexity index is 682. The van der Waals surface area contributed by atoms with E-state index in [9.17, 15) is 5.26 Å². The van der Waals surface area contributed by atoms with Crippen molar-refractivity contribution in [3.8, 4) is 17.6 Å². The number of hydrogen-bond acceptors (Lipinski definition) is 3. The smallest absolute Gasteiger partial charge is 0.147 e. The Morgan fingerprint density at radius 2 is 2.05 bits per heavy atom. The molecule has 1 N–H and O–H groups in total. The molecule has 108 valence electrons. The number of halogens is 2. The van der Waals surface area contributed by atoms with Crippen LogP contribution >= 0.6 is 27.5 Å². The Balaban J connectivity index is 2.27. The highest BCUT2D eigenvalue weighted by molar-refractivity contribution is 9.10. The fourth-order valence-electron chi connectivity index (χ4n) is 1.81. The van der Waals surface area contributed by atoms with Gasteiger partial charge in [0.05, 0.1) is 10.6 Å². The van der Waals surface area contributed by atoms with Gasteiger partial charge in [0.1, 0.15) is 17.6 Å². The summed E-state index contributed by atoms with van der Waals surface area (Å²) in [6.45, 7) is 3.65. The van der Waals surface area contributed by atoms with Gasteiger partial charge in [-0.15, -0.1) is 0 Å². The number of benzene rings is 2. The van der Waals surface area contributed by atoms with Gasteiger partial charge in [-0.2, -0.15) is 5.26 Å². The zero-order valence-corrected chi connectivity index (χ0v) is 13.8. The predicted octanol–water partition coefficient (Wildman–Crippen LogP) is 4.88. The average molecular weight is 366 g/mol. The van der Waals surface area contributed by atoms with Crippen molar-refractivity contribution in [1.82, 2.24) is 5.32 Å². The molecular formula is C16H14BrClN2O. The lowest BCUT2D eigenvalue weighted by atomic mass is 10.1. The summed E-state index contributed by atoms with van der Waals surface area (Å²) in [5.41, 5.74) is 1.53. The van der Waals surface area contributed by atoms with Crippen LogP contribution in [0.4, 0.5) is 0 Å². The fraction of sp³-hybridized carbons (Fsp3) is 0.188. The maximum absolute atomic E-state index is 9.28. The molecule has 0 saturated heterocycles. The summed E-state index contributed by atoms with van der Waals surface area (Å²) < 4.78 is 6.63. The van der Waals surface area contributed by atoms with E-state index in [-0.39, 0.29) is 0 Å². The second kappa shape index (κ2) is 7.46. The first-order chi connectivity index (χ1) is 10.1. The third-order valence-electron chi connectivity index (χ3n) is 2.86. The van der Waals surface area contributed by atoms with Crippen LogP contribution in [0.1, 0.15) is 18.1 Å². The highest BCUT2D eigenvalue weighted by atomic mass is 79.9. The molecular weight excluding hydrogens is 352 g/mol. The van der Waals surface area contributed by atoms with E-state index in [1.165, 1.54) is 0 Å². The molecule has 2 rings (SSSR count). The average Bonchev–Trinajstić information content (AvgIpc) is 2.49. The number of rotatable bonds is 5. The summed E-state index contributed by atoms with van der Waals surface area (Å²) in [6, 6.07) is 13.1. The van der Waals surface area contributed by atoms with E-state index in [2.05, 4.69) is 27.3 Å². The van der Waals surface area contributed by atoms with Gasteiger partial charge in [0.15, 0.2) is 0 Å². The Morgan fingerprint density at radius 1 is 1.24 bits per heavy atom. The van der Waals surface area contributed by atoms with E-state index in [4.69, 9.17) is 16.3 Å². The highest BCUT2D eigenvalue weighted by Gasteiger charge is 2.09. The molecule has 0 fully saturated rings. The van der Waals surface area contributed by atoms with Gasteiger partial charge in [0.25, 0.3) is 0 Å². The first-order valence-corrected chi connectivity index (χ1v) is 7.67. The van der Waals surface area contributed by atoms with E-state index < -0.39 is 0 Å². The minimum atomic E-state index is 0.487. The first kappa shape index (κ1) is 15.8. The normalized spacial score (nSPS) is 10.2. The molecule has 0 aliphatic heterocycles. The lowest BCUT2D eigenvalue weighted by Crippen LogP contribution is -2.11. The predicted molar refractivity (Wildman–Crippen MR) is 87.8 cm³/mol. The van der Waals surface area contributed by atoms with Crippen LogP contribution in [-0.2, 0) is 6.54 Å². The lowest BCUT2D eigenvalue weighted by molar-refractivity contribution is 0.480. The maximum atomic E-state index is 9.28. The molecule has 21 heavy (non-hydrogen) atoms. The highest BCUT2D eigenvalue weighted by Crippen LogP contribution is 2.33. The van der Waals surface area contributed by atoms with Crippen LogP contribution in [-0.4, -0.2) is 6.54 Å². The molecule has 0 bridgehead atoms. The molecule has 0 saturated carbocycles. The van der Waals surface area contributed by atoms with E-state index in [1.807, 2.05) is 25.1 Å². The van der Waals surface area contributed by atoms with Gasteiger partial charge in [0, 0.05) is 11.0 Å². The third-order valence-corrected chi connectivity index (χ3v) is 3.66. The van der Waals surface area contributed by atoms with Crippen LogP contribution in [0.3, 0.4) is 0 Å². The second-order valence-electron chi connectivity index (χ2n) is 4.40. The van der Waals surface area contributed by atoms with Gasteiger partial charge in [-0.25, -0.2) is 0 Å². The zero-order chi connectivity index (χ0) is 15.2. The minimum absolute atomic E-state index is 0.487. The SMILES string of the molecule is CCNCc1ccc(Oc2cc(Br)ccc2Cl)c(C#N)c1. The van der Waals surface area contributed by atoms with Crippen molar-refractivity contribution >= 4 is 27.5 Å². The van der Waals surface area contributed by atoms with Gasteiger partial charge in [-0.1, -0.05) is 40.5 Å². The van der Waals surface area contributed by atoms with Crippen molar-refractivity contribution in [3.63, 3.8) is 0 Å². The van der Waals surface area contributed by atoms with Crippen molar-refractivity contribution in [2.24, 2.45) is 0 Å². The summed E-state index contributed by atoms with van der Waals surface area (Å²) in [7, 11) is 0. The van der Waals surface area contributed by atoms with Crippen LogP contribution in [0.15, 0.2) is 40.9 Å². The number of nitriles is 1. The van der Waals surface area contributed by atoms with Crippen LogP contribution in [0, 0.1) is 11.3 Å². The standard InChI is InChI=1S/C16H14BrClN2O/c1-2-20-10-11-3-6-15(12(7-11)9-19)21-16-8-13(17)4-5-14(16)18/h3-8,20H,2,10H2,1H3. The molecule has 0 aromatic heterocycles. The molecule has 0 amide bonds. The van der Waals surface area contributed by atoms with Crippen molar-refractivity contribution in [3.05, 3.63) is 57.0 Å². The lowest BCUT2D eigenvalue weighted by Gasteiger charge is -2.11. The maximum Gasteiger partial charge on any atom is 0.147 e. The molecule has 3 nitrogen and oxygen atoms in total. The van der Waals surface area contributed by atoms with Gasteiger partial charge in [0.2, 0.25) is 0 Å². The first-order valence-electron chi connectivity index (χ1n) is 6.50. The summed E-state index contributed by atoms with van der Waals surface area (Å²) in [5.74, 6) is 1.01. The van der Waals surface area contributed by atoms with Gasteiger partial charge >= 0.3 is 0 Å². The molecule has 0 heterocycles. The monoisotopic (exact) mass is 364 g/mol. The van der Waals surface area contributed by atoms with Gasteiger partial charge in [-0.3, -0.25) is 0 Å². The Morgan fingerprint density at radius 3 is 2.76 bits per heavy atom. The fourth-order valence-corrected chi connectivity index (χ4v) is 2.30. The quantitative estimate of drug-likeness (QED) is 0.821. The third kappa shape index (κ3) is 4.21. The molecule has 0 atom stereocenters. The van der Waals surface area contributed by atoms with Crippen LogP contribution in [0.25, 0.3) is 0 Å². The van der Waals surface area contributed by atoms with Crippen molar-refractivity contribution < 1.29 is 4.74 Å². The minimum Gasteiger partial charge on any atom is -0.454 e. The Labute approximate surface area is 137 Å². The number of ether oxygens (including phenoxy) is 1. The van der Waals surface area contributed by atoms with Crippen molar-refractivity contribution in [1.29, 1.82) is 5.26 Å². The molecule has 0 unspecified atom stereocenters. The van der Waals surface area contributed by atoms with Gasteiger partial charge in [-0.05, 0) is 42.4 Å². The molecule has 0 aliphatic rings. The number of nitrogens with zero attached hydrogens (tertiary/aromatic N) is 1. The van der Waals surface area contributed by atoms with Crippen LogP contribution < -0.4 is 10.1 Å². The largest absolute Gasteiger partial charge is 0.454 e. The van der Waals surface area contributed by atoms with E-state index in [0.29, 0.717) is 22.1 Å². The molecule has 2 aromatic rings. The summed E-state index contributed by atoms with van der Waals surface area (Å²) in [5, 5.41) is 13.0. The van der Waals surface area contributed by atoms with Crippen molar-refractivity contribution in [2.45, 2.75) is 13.5 Å². The second-order valence-corrected chi connectivity index (χ2v) is 5.72. The van der Waals surface area contributed by atoms with E-state index in [0.717, 1.165) is 23.1 Å². The van der Waals surface area contributed by atoms with E-state index in [1.54, 1.807) is 18.2 Å².